The lowest BCUT2D eigenvalue weighted by Gasteiger charge is -2.04. The van der Waals surface area contributed by atoms with Gasteiger partial charge in [-0.2, -0.15) is 5.10 Å². The molecule has 0 aromatic heterocycles. The van der Waals surface area contributed by atoms with E-state index in [9.17, 15) is 4.79 Å². The van der Waals surface area contributed by atoms with E-state index >= 15 is 0 Å². The number of hydrogen-bond donors (Lipinski definition) is 1. The lowest BCUT2D eigenvalue weighted by Crippen LogP contribution is -2.17. The van der Waals surface area contributed by atoms with Crippen molar-refractivity contribution >= 4 is 23.7 Å². The van der Waals surface area contributed by atoms with Crippen molar-refractivity contribution in [1.29, 1.82) is 0 Å². The van der Waals surface area contributed by atoms with Crippen molar-refractivity contribution in [1.82, 2.24) is 5.43 Å². The highest BCUT2D eigenvalue weighted by atomic mass is 35.5. The molecular formula is C16H15ClN2O2. The van der Waals surface area contributed by atoms with Crippen LogP contribution < -0.4 is 10.2 Å². The molecule has 21 heavy (non-hydrogen) atoms. The highest BCUT2D eigenvalue weighted by Crippen LogP contribution is 2.12. The molecule has 108 valence electrons. The van der Waals surface area contributed by atoms with Crippen molar-refractivity contribution in [3.63, 3.8) is 0 Å². The van der Waals surface area contributed by atoms with Crippen LogP contribution in [0.1, 0.15) is 22.8 Å². The van der Waals surface area contributed by atoms with E-state index in [0.717, 1.165) is 11.3 Å². The van der Waals surface area contributed by atoms with E-state index in [4.69, 9.17) is 16.3 Å². The summed E-state index contributed by atoms with van der Waals surface area (Å²) in [6.45, 7) is 2.50. The van der Waals surface area contributed by atoms with Gasteiger partial charge in [0.1, 0.15) is 5.75 Å². The maximum atomic E-state index is 11.9. The second kappa shape index (κ2) is 7.45. The molecule has 0 aliphatic heterocycles. The molecule has 4 nitrogen and oxygen atoms in total. The first-order valence-electron chi connectivity index (χ1n) is 6.51. The molecule has 1 N–H and O–H groups in total. The summed E-state index contributed by atoms with van der Waals surface area (Å²) in [7, 11) is 0. The third-order valence-electron chi connectivity index (χ3n) is 2.66. The first-order chi connectivity index (χ1) is 10.2. The molecule has 0 saturated carbocycles. The van der Waals surface area contributed by atoms with Crippen molar-refractivity contribution in [2.75, 3.05) is 6.61 Å². The van der Waals surface area contributed by atoms with Gasteiger partial charge in [-0.15, -0.1) is 0 Å². The highest BCUT2D eigenvalue weighted by molar-refractivity contribution is 6.30. The van der Waals surface area contributed by atoms with Crippen LogP contribution in [0.15, 0.2) is 53.6 Å². The van der Waals surface area contributed by atoms with Crippen molar-refractivity contribution in [2.24, 2.45) is 5.10 Å². The predicted molar refractivity (Wildman–Crippen MR) is 84.1 cm³/mol. The SMILES string of the molecule is CCOc1ccc(C(=O)N/N=C\c2cccc(Cl)c2)cc1. The van der Waals surface area contributed by atoms with Crippen LogP contribution in [0, 0.1) is 0 Å². The van der Waals surface area contributed by atoms with Crippen LogP contribution in [0.25, 0.3) is 0 Å². The Morgan fingerprint density at radius 3 is 2.71 bits per heavy atom. The fourth-order valence-corrected chi connectivity index (χ4v) is 1.88. The molecular weight excluding hydrogens is 288 g/mol. The summed E-state index contributed by atoms with van der Waals surface area (Å²) < 4.78 is 5.32. The number of carbonyl (C=O) groups excluding carboxylic acids is 1. The minimum Gasteiger partial charge on any atom is -0.494 e. The Balaban J connectivity index is 1.95. The van der Waals surface area contributed by atoms with Crippen molar-refractivity contribution in [3.8, 4) is 5.75 Å². The summed E-state index contributed by atoms with van der Waals surface area (Å²) in [5.41, 5.74) is 3.79. The summed E-state index contributed by atoms with van der Waals surface area (Å²) in [6, 6.07) is 14.1. The van der Waals surface area contributed by atoms with Gasteiger partial charge in [-0.1, -0.05) is 23.7 Å². The molecule has 0 heterocycles. The Kier molecular flexibility index (Phi) is 5.35. The van der Waals surface area contributed by atoms with E-state index in [2.05, 4.69) is 10.5 Å². The molecule has 0 aliphatic rings. The summed E-state index contributed by atoms with van der Waals surface area (Å²) in [5, 5.41) is 4.53. The second-order valence-electron chi connectivity index (χ2n) is 4.21. The van der Waals surface area contributed by atoms with E-state index in [1.54, 1.807) is 42.6 Å². The fourth-order valence-electron chi connectivity index (χ4n) is 1.69. The number of nitrogens with zero attached hydrogens (tertiary/aromatic N) is 1. The Morgan fingerprint density at radius 2 is 2.05 bits per heavy atom. The van der Waals surface area contributed by atoms with Crippen LogP contribution in [0.2, 0.25) is 5.02 Å². The van der Waals surface area contributed by atoms with Gasteiger partial charge in [-0.25, -0.2) is 5.43 Å². The van der Waals surface area contributed by atoms with Crippen molar-refractivity contribution in [3.05, 3.63) is 64.7 Å². The molecule has 0 fully saturated rings. The van der Waals surface area contributed by atoms with Gasteiger partial charge in [0.2, 0.25) is 0 Å². The molecule has 0 spiro atoms. The normalized spacial score (nSPS) is 10.6. The third kappa shape index (κ3) is 4.61. The van der Waals surface area contributed by atoms with Gasteiger partial charge in [0, 0.05) is 10.6 Å². The largest absolute Gasteiger partial charge is 0.494 e. The van der Waals surface area contributed by atoms with Crippen LogP contribution in [-0.2, 0) is 0 Å². The minimum absolute atomic E-state index is 0.281. The van der Waals surface area contributed by atoms with Gasteiger partial charge in [-0.3, -0.25) is 4.79 Å². The lowest BCUT2D eigenvalue weighted by molar-refractivity contribution is 0.0955. The smallest absolute Gasteiger partial charge is 0.271 e. The fraction of sp³-hybridized carbons (Fsp3) is 0.125. The quantitative estimate of drug-likeness (QED) is 0.679. The third-order valence-corrected chi connectivity index (χ3v) is 2.89. The number of halogens is 1. The number of ether oxygens (including phenoxy) is 1. The number of nitrogens with one attached hydrogen (secondary N) is 1. The number of carbonyl (C=O) groups is 1. The Morgan fingerprint density at radius 1 is 1.29 bits per heavy atom. The van der Waals surface area contributed by atoms with E-state index in [1.165, 1.54) is 0 Å². The molecule has 2 aromatic rings. The van der Waals surface area contributed by atoms with Gasteiger partial charge >= 0.3 is 0 Å². The summed E-state index contributed by atoms with van der Waals surface area (Å²) in [6.07, 6.45) is 1.54. The lowest BCUT2D eigenvalue weighted by atomic mass is 10.2. The van der Waals surface area contributed by atoms with Crippen LogP contribution in [0.4, 0.5) is 0 Å². The van der Waals surface area contributed by atoms with Gasteiger partial charge in [0.05, 0.1) is 12.8 Å². The van der Waals surface area contributed by atoms with Crippen LogP contribution in [0.5, 0.6) is 5.75 Å². The van der Waals surface area contributed by atoms with Crippen LogP contribution in [0.3, 0.4) is 0 Å². The zero-order chi connectivity index (χ0) is 15.1. The Bertz CT molecular complexity index is 639. The van der Waals surface area contributed by atoms with Crippen molar-refractivity contribution < 1.29 is 9.53 Å². The molecule has 0 bridgehead atoms. The Hall–Kier alpha value is -2.33. The number of rotatable bonds is 5. The van der Waals surface area contributed by atoms with E-state index in [1.807, 2.05) is 19.1 Å². The Labute approximate surface area is 128 Å². The van der Waals surface area contributed by atoms with Gasteiger partial charge in [0.25, 0.3) is 5.91 Å². The zero-order valence-electron chi connectivity index (χ0n) is 11.5. The summed E-state index contributed by atoms with van der Waals surface area (Å²) in [5.74, 6) is 0.452. The summed E-state index contributed by atoms with van der Waals surface area (Å²) in [4.78, 5) is 11.9. The first-order valence-corrected chi connectivity index (χ1v) is 6.88. The highest BCUT2D eigenvalue weighted by Gasteiger charge is 2.03. The average Bonchev–Trinajstić information content (AvgIpc) is 2.48. The topological polar surface area (TPSA) is 50.7 Å². The maximum absolute atomic E-state index is 11.9. The molecule has 2 rings (SSSR count). The molecule has 5 heteroatoms. The van der Waals surface area contributed by atoms with E-state index in [-0.39, 0.29) is 5.91 Å². The van der Waals surface area contributed by atoms with Crippen molar-refractivity contribution in [2.45, 2.75) is 6.92 Å². The minimum atomic E-state index is -0.281. The number of benzene rings is 2. The number of hydrazone groups is 1. The molecule has 0 radical (unpaired) electrons. The first kappa shape index (κ1) is 15.1. The molecule has 1 amide bonds. The maximum Gasteiger partial charge on any atom is 0.271 e. The van der Waals surface area contributed by atoms with E-state index in [0.29, 0.717) is 17.2 Å². The van der Waals surface area contributed by atoms with E-state index < -0.39 is 0 Å². The van der Waals surface area contributed by atoms with Gasteiger partial charge < -0.3 is 4.74 Å². The summed E-state index contributed by atoms with van der Waals surface area (Å²) >= 11 is 5.86. The number of amides is 1. The standard InChI is InChI=1S/C16H15ClN2O2/c1-2-21-15-8-6-13(7-9-15)16(20)19-18-11-12-4-3-5-14(17)10-12/h3-11H,2H2,1H3,(H,19,20)/b18-11-. The van der Waals surface area contributed by atoms with Crippen LogP contribution in [-0.4, -0.2) is 18.7 Å². The second-order valence-corrected chi connectivity index (χ2v) is 4.65. The van der Waals surface area contributed by atoms with Gasteiger partial charge in [0.15, 0.2) is 0 Å². The predicted octanol–water partition coefficient (Wildman–Crippen LogP) is 3.50. The molecule has 0 aliphatic carbocycles. The number of hydrogen-bond acceptors (Lipinski definition) is 3. The molecule has 2 aromatic carbocycles. The molecule has 0 atom stereocenters. The zero-order valence-corrected chi connectivity index (χ0v) is 12.3. The molecule has 0 unspecified atom stereocenters. The molecule has 0 saturated heterocycles. The van der Waals surface area contributed by atoms with Gasteiger partial charge in [-0.05, 0) is 48.9 Å². The van der Waals surface area contributed by atoms with Crippen LogP contribution >= 0.6 is 11.6 Å². The average molecular weight is 303 g/mol. The monoisotopic (exact) mass is 302 g/mol.